The lowest BCUT2D eigenvalue weighted by Crippen LogP contribution is -2.21. The van der Waals surface area contributed by atoms with Gasteiger partial charge in [0.25, 0.3) is 11.9 Å². The molecule has 2 heterocycles. The summed E-state index contributed by atoms with van der Waals surface area (Å²) in [6.07, 6.45) is 1.64. The van der Waals surface area contributed by atoms with E-state index in [9.17, 15) is 4.79 Å². The number of ether oxygens (including phenoxy) is 3. The molecule has 2 aromatic carbocycles. The number of carbonyl (C=O) groups is 1. The predicted molar refractivity (Wildman–Crippen MR) is 119 cm³/mol. The molecular formula is C22H20N4O4S. The van der Waals surface area contributed by atoms with E-state index < -0.39 is 0 Å². The molecule has 0 aliphatic carbocycles. The Bertz CT molecular complexity index is 1220. The van der Waals surface area contributed by atoms with Gasteiger partial charge in [0.15, 0.2) is 18.1 Å². The summed E-state index contributed by atoms with van der Waals surface area (Å²) in [6.45, 7) is 3.76. The van der Waals surface area contributed by atoms with Crippen molar-refractivity contribution in [2.75, 3.05) is 25.6 Å². The standard InChI is InChI=1S/C22H20N4O4S/c1-3-12-29-18-10-6-7-11-19(18)30-13-20(27)23-21-24-22-26(25-21)16(14-31-22)15-8-4-5-9-17(15)28-2/h3-11,14H,1,12-13H2,2H3,(H,23,25,27). The predicted octanol–water partition coefficient (Wildman–Crippen LogP) is 4.05. The molecule has 1 amide bonds. The second-order valence-electron chi connectivity index (χ2n) is 6.33. The maximum atomic E-state index is 12.4. The van der Waals surface area contributed by atoms with Crippen LogP contribution in [0.5, 0.6) is 17.2 Å². The molecule has 0 aliphatic rings. The Morgan fingerprint density at radius 1 is 1.13 bits per heavy atom. The first kappa shape index (κ1) is 20.4. The molecular weight excluding hydrogens is 416 g/mol. The Morgan fingerprint density at radius 3 is 2.58 bits per heavy atom. The summed E-state index contributed by atoms with van der Waals surface area (Å²) in [5.74, 6) is 1.56. The second-order valence-corrected chi connectivity index (χ2v) is 7.17. The molecule has 0 aliphatic heterocycles. The molecule has 0 spiro atoms. The van der Waals surface area contributed by atoms with E-state index in [1.165, 1.54) is 11.3 Å². The van der Waals surface area contributed by atoms with Gasteiger partial charge in [-0.25, -0.2) is 4.52 Å². The Labute approximate surface area is 182 Å². The minimum absolute atomic E-state index is 0.202. The molecule has 0 unspecified atom stereocenters. The van der Waals surface area contributed by atoms with Crippen molar-refractivity contribution in [3.8, 4) is 28.5 Å². The smallest absolute Gasteiger partial charge is 0.264 e. The summed E-state index contributed by atoms with van der Waals surface area (Å²) in [4.78, 5) is 17.4. The van der Waals surface area contributed by atoms with Gasteiger partial charge in [-0.05, 0) is 24.3 Å². The van der Waals surface area contributed by atoms with Crippen molar-refractivity contribution in [3.05, 3.63) is 66.6 Å². The average molecular weight is 436 g/mol. The minimum Gasteiger partial charge on any atom is -0.496 e. The number of hydrogen-bond donors (Lipinski definition) is 1. The monoisotopic (exact) mass is 436 g/mol. The third kappa shape index (κ3) is 4.51. The molecule has 0 bridgehead atoms. The quantitative estimate of drug-likeness (QED) is 0.399. The molecule has 9 heteroatoms. The van der Waals surface area contributed by atoms with Crippen LogP contribution < -0.4 is 19.5 Å². The lowest BCUT2D eigenvalue weighted by atomic mass is 10.1. The van der Waals surface area contributed by atoms with Crippen LogP contribution in [0.3, 0.4) is 0 Å². The van der Waals surface area contributed by atoms with Crippen LogP contribution in [0, 0.1) is 0 Å². The summed E-state index contributed by atoms with van der Waals surface area (Å²) < 4.78 is 18.2. The molecule has 2 aromatic heterocycles. The summed E-state index contributed by atoms with van der Waals surface area (Å²) >= 11 is 1.42. The number of rotatable bonds is 9. The van der Waals surface area contributed by atoms with Crippen LogP contribution in [-0.4, -0.2) is 40.8 Å². The fourth-order valence-corrected chi connectivity index (χ4v) is 3.74. The highest BCUT2D eigenvalue weighted by Gasteiger charge is 2.16. The topological polar surface area (TPSA) is 87.0 Å². The number of hydrogen-bond acceptors (Lipinski definition) is 7. The van der Waals surface area contributed by atoms with Gasteiger partial charge in [-0.15, -0.1) is 16.4 Å². The van der Waals surface area contributed by atoms with Gasteiger partial charge in [0.2, 0.25) is 4.96 Å². The van der Waals surface area contributed by atoms with Crippen molar-refractivity contribution < 1.29 is 19.0 Å². The Morgan fingerprint density at radius 2 is 1.84 bits per heavy atom. The number of nitrogens with zero attached hydrogens (tertiary/aromatic N) is 3. The van der Waals surface area contributed by atoms with Gasteiger partial charge >= 0.3 is 0 Å². The fourth-order valence-electron chi connectivity index (χ4n) is 2.92. The molecule has 4 aromatic rings. The Hall–Kier alpha value is -3.85. The number of thiazole rings is 1. The van der Waals surface area contributed by atoms with Crippen LogP contribution in [0.2, 0.25) is 0 Å². The average Bonchev–Trinajstić information content (AvgIpc) is 3.37. The van der Waals surface area contributed by atoms with E-state index in [0.29, 0.717) is 23.1 Å². The van der Waals surface area contributed by atoms with Crippen molar-refractivity contribution >= 4 is 28.2 Å². The van der Waals surface area contributed by atoms with Crippen LogP contribution in [-0.2, 0) is 4.79 Å². The number of methoxy groups -OCH3 is 1. The van der Waals surface area contributed by atoms with Gasteiger partial charge in [0.1, 0.15) is 12.4 Å². The number of carbonyl (C=O) groups excluding carboxylic acids is 1. The molecule has 158 valence electrons. The first-order chi connectivity index (χ1) is 15.2. The normalized spacial score (nSPS) is 10.6. The number of para-hydroxylation sites is 3. The van der Waals surface area contributed by atoms with Crippen LogP contribution in [0.4, 0.5) is 5.95 Å². The van der Waals surface area contributed by atoms with Crippen molar-refractivity contribution in [2.45, 2.75) is 0 Å². The van der Waals surface area contributed by atoms with Crippen molar-refractivity contribution in [1.29, 1.82) is 0 Å². The molecule has 0 fully saturated rings. The van der Waals surface area contributed by atoms with E-state index in [-0.39, 0.29) is 18.5 Å². The number of nitrogens with one attached hydrogen (secondary N) is 1. The lowest BCUT2D eigenvalue weighted by Gasteiger charge is -2.11. The fraction of sp³-hybridized carbons (Fsp3) is 0.136. The highest BCUT2D eigenvalue weighted by Crippen LogP contribution is 2.32. The second kappa shape index (κ2) is 9.31. The molecule has 8 nitrogen and oxygen atoms in total. The van der Waals surface area contributed by atoms with Crippen LogP contribution in [0.1, 0.15) is 0 Å². The molecule has 1 N–H and O–H groups in total. The zero-order valence-electron chi connectivity index (χ0n) is 16.8. The molecule has 0 radical (unpaired) electrons. The maximum Gasteiger partial charge on any atom is 0.264 e. The van der Waals surface area contributed by atoms with E-state index in [4.69, 9.17) is 14.2 Å². The zero-order chi connectivity index (χ0) is 21.6. The number of benzene rings is 2. The summed E-state index contributed by atoms with van der Waals surface area (Å²) in [5, 5.41) is 9.03. The maximum absolute atomic E-state index is 12.4. The number of anilines is 1. The van der Waals surface area contributed by atoms with E-state index in [1.807, 2.05) is 35.7 Å². The van der Waals surface area contributed by atoms with E-state index in [2.05, 4.69) is 22.0 Å². The largest absolute Gasteiger partial charge is 0.496 e. The first-order valence-electron chi connectivity index (χ1n) is 9.42. The lowest BCUT2D eigenvalue weighted by molar-refractivity contribution is -0.118. The molecule has 0 saturated carbocycles. The van der Waals surface area contributed by atoms with Gasteiger partial charge in [-0.1, -0.05) is 36.9 Å². The third-order valence-corrected chi connectivity index (χ3v) is 5.10. The van der Waals surface area contributed by atoms with E-state index in [1.54, 1.807) is 35.9 Å². The number of fused-ring (bicyclic) bond motifs is 1. The SMILES string of the molecule is C=CCOc1ccccc1OCC(=O)Nc1nc2scc(-c3ccccc3OC)n2n1. The van der Waals surface area contributed by atoms with Gasteiger partial charge in [0, 0.05) is 10.9 Å². The number of aromatic nitrogens is 3. The Kier molecular flexibility index (Phi) is 6.13. The van der Waals surface area contributed by atoms with Crippen molar-refractivity contribution in [3.63, 3.8) is 0 Å². The van der Waals surface area contributed by atoms with E-state index >= 15 is 0 Å². The minimum atomic E-state index is -0.379. The van der Waals surface area contributed by atoms with Gasteiger partial charge in [-0.3, -0.25) is 10.1 Å². The van der Waals surface area contributed by atoms with Crippen molar-refractivity contribution in [1.82, 2.24) is 14.6 Å². The van der Waals surface area contributed by atoms with Crippen LogP contribution in [0.15, 0.2) is 66.6 Å². The van der Waals surface area contributed by atoms with Gasteiger partial charge < -0.3 is 14.2 Å². The zero-order valence-corrected chi connectivity index (χ0v) is 17.6. The van der Waals surface area contributed by atoms with Crippen molar-refractivity contribution in [2.24, 2.45) is 0 Å². The summed E-state index contributed by atoms with van der Waals surface area (Å²) in [7, 11) is 1.62. The van der Waals surface area contributed by atoms with Gasteiger partial charge in [-0.2, -0.15) is 4.98 Å². The highest BCUT2D eigenvalue weighted by molar-refractivity contribution is 7.15. The van der Waals surface area contributed by atoms with E-state index in [0.717, 1.165) is 17.0 Å². The summed E-state index contributed by atoms with van der Waals surface area (Å²) in [5.41, 5.74) is 1.72. The highest BCUT2D eigenvalue weighted by atomic mass is 32.1. The molecule has 0 saturated heterocycles. The van der Waals surface area contributed by atoms with Crippen LogP contribution in [0.25, 0.3) is 16.2 Å². The Balaban J connectivity index is 1.46. The molecule has 31 heavy (non-hydrogen) atoms. The summed E-state index contributed by atoms with van der Waals surface area (Å²) in [6, 6.07) is 14.8. The third-order valence-electron chi connectivity index (χ3n) is 4.28. The number of amides is 1. The van der Waals surface area contributed by atoms with Crippen LogP contribution >= 0.6 is 11.3 Å². The van der Waals surface area contributed by atoms with Gasteiger partial charge in [0.05, 0.1) is 12.8 Å². The molecule has 4 rings (SSSR count). The molecule has 0 atom stereocenters. The first-order valence-corrected chi connectivity index (χ1v) is 10.3.